The van der Waals surface area contributed by atoms with Gasteiger partial charge in [-0.05, 0) is 30.5 Å². The van der Waals surface area contributed by atoms with Crippen molar-refractivity contribution in [2.45, 2.75) is 38.3 Å². The minimum atomic E-state index is -0.387. The highest BCUT2D eigenvalue weighted by Crippen LogP contribution is 2.35. The third-order valence-electron chi connectivity index (χ3n) is 4.76. The van der Waals surface area contributed by atoms with Crippen molar-refractivity contribution in [3.63, 3.8) is 0 Å². The summed E-state index contributed by atoms with van der Waals surface area (Å²) in [6, 6.07) is 16.4. The van der Waals surface area contributed by atoms with Crippen molar-refractivity contribution < 1.29 is 13.9 Å². The topological polar surface area (TPSA) is 66.5 Å². The highest BCUT2D eigenvalue weighted by Gasteiger charge is 2.36. The van der Waals surface area contributed by atoms with Crippen molar-refractivity contribution in [2.24, 2.45) is 0 Å². The van der Waals surface area contributed by atoms with Crippen LogP contribution >= 0.6 is 0 Å². The lowest BCUT2D eigenvalue weighted by atomic mass is 9.74. The van der Waals surface area contributed by atoms with E-state index in [1.165, 1.54) is 6.92 Å². The predicted octanol–water partition coefficient (Wildman–Crippen LogP) is 3.40. The van der Waals surface area contributed by atoms with Crippen LogP contribution in [0.4, 0.5) is 0 Å². The number of carbonyl (C=O) groups is 1. The zero-order chi connectivity index (χ0) is 17.7. The van der Waals surface area contributed by atoms with Gasteiger partial charge in [-0.15, -0.1) is 0 Å². The molecule has 0 bridgehead atoms. The van der Waals surface area contributed by atoms with Crippen molar-refractivity contribution in [3.8, 4) is 6.07 Å². The van der Waals surface area contributed by atoms with Gasteiger partial charge in [-0.3, -0.25) is 9.69 Å². The summed E-state index contributed by atoms with van der Waals surface area (Å²) in [6.07, 6.45) is 1.63. The number of carbonyl (C=O) groups excluding carboxylic acids is 1. The van der Waals surface area contributed by atoms with Gasteiger partial charge in [0.25, 0.3) is 0 Å². The van der Waals surface area contributed by atoms with Crippen LogP contribution in [0, 0.1) is 11.3 Å². The molecule has 0 atom stereocenters. The van der Waals surface area contributed by atoms with E-state index in [1.54, 1.807) is 0 Å². The average Bonchev–Trinajstić information content (AvgIpc) is 3.09. The number of furan rings is 1. The van der Waals surface area contributed by atoms with Crippen LogP contribution in [0.1, 0.15) is 36.8 Å². The Balaban J connectivity index is 1.58. The molecule has 0 aliphatic carbocycles. The summed E-state index contributed by atoms with van der Waals surface area (Å²) in [5.41, 5.74) is 0.723. The van der Waals surface area contributed by atoms with Gasteiger partial charge >= 0.3 is 5.97 Å². The number of rotatable bonds is 5. The van der Waals surface area contributed by atoms with Gasteiger partial charge in [0.2, 0.25) is 0 Å². The van der Waals surface area contributed by atoms with Gasteiger partial charge in [-0.1, -0.05) is 30.3 Å². The quantitative estimate of drug-likeness (QED) is 0.782. The third kappa shape index (κ3) is 4.09. The molecular formula is C20H22N2O3. The number of nitriles is 1. The third-order valence-corrected chi connectivity index (χ3v) is 4.76. The summed E-state index contributed by atoms with van der Waals surface area (Å²) in [5.74, 6) is 1.19. The van der Waals surface area contributed by atoms with Crippen LogP contribution in [0.2, 0.25) is 0 Å². The second-order valence-corrected chi connectivity index (χ2v) is 6.48. The number of esters is 1. The van der Waals surface area contributed by atoms with Crippen LogP contribution in [0.5, 0.6) is 0 Å². The molecule has 3 rings (SSSR count). The minimum absolute atomic E-state index is 0.168. The zero-order valence-electron chi connectivity index (χ0n) is 14.4. The first-order valence-electron chi connectivity index (χ1n) is 8.51. The van der Waals surface area contributed by atoms with Crippen LogP contribution in [0.15, 0.2) is 46.9 Å². The van der Waals surface area contributed by atoms with Crippen LogP contribution in [-0.4, -0.2) is 24.0 Å². The second kappa shape index (κ2) is 7.54. The van der Waals surface area contributed by atoms with E-state index >= 15 is 0 Å². The average molecular weight is 338 g/mol. The molecule has 1 saturated heterocycles. The van der Waals surface area contributed by atoms with E-state index in [0.717, 1.165) is 37.3 Å². The Bertz CT molecular complexity index is 753. The molecule has 0 unspecified atom stereocenters. The molecule has 1 aliphatic rings. The summed E-state index contributed by atoms with van der Waals surface area (Å²) in [5, 5.41) is 9.75. The Hall–Kier alpha value is -2.58. The van der Waals surface area contributed by atoms with Gasteiger partial charge in [-0.2, -0.15) is 5.26 Å². The summed E-state index contributed by atoms with van der Waals surface area (Å²) < 4.78 is 10.7. The molecule has 5 heteroatoms. The first-order chi connectivity index (χ1) is 12.1. The maximum atomic E-state index is 10.8. The first kappa shape index (κ1) is 17.2. The standard InChI is InChI=1S/C20H22N2O3/c1-16(23)24-14-19-8-7-18(25-19)13-22-11-9-20(15-21,10-12-22)17-5-3-2-4-6-17/h2-8H,9-14H2,1H3. The van der Waals surface area contributed by atoms with Crippen molar-refractivity contribution in [1.82, 2.24) is 4.90 Å². The zero-order valence-corrected chi connectivity index (χ0v) is 14.4. The van der Waals surface area contributed by atoms with Gasteiger partial charge in [0.15, 0.2) is 0 Å². The molecule has 2 heterocycles. The van der Waals surface area contributed by atoms with Crippen LogP contribution in [0.25, 0.3) is 0 Å². The van der Waals surface area contributed by atoms with Gasteiger partial charge in [0, 0.05) is 20.0 Å². The van der Waals surface area contributed by atoms with E-state index in [-0.39, 0.29) is 18.0 Å². The summed E-state index contributed by atoms with van der Waals surface area (Å²) in [4.78, 5) is 13.1. The molecule has 1 aromatic heterocycles. The molecule has 0 amide bonds. The van der Waals surface area contributed by atoms with E-state index < -0.39 is 0 Å². The molecule has 25 heavy (non-hydrogen) atoms. The maximum Gasteiger partial charge on any atom is 0.303 e. The lowest BCUT2D eigenvalue weighted by Gasteiger charge is -2.37. The number of ether oxygens (including phenoxy) is 1. The second-order valence-electron chi connectivity index (χ2n) is 6.48. The van der Waals surface area contributed by atoms with Crippen molar-refractivity contribution in [1.29, 1.82) is 5.26 Å². The van der Waals surface area contributed by atoms with Gasteiger partial charge in [0.05, 0.1) is 18.0 Å². The van der Waals surface area contributed by atoms with Crippen molar-refractivity contribution in [2.75, 3.05) is 13.1 Å². The predicted molar refractivity (Wildman–Crippen MR) is 92.4 cm³/mol. The molecule has 2 aromatic rings. The van der Waals surface area contributed by atoms with E-state index in [0.29, 0.717) is 12.3 Å². The van der Waals surface area contributed by atoms with E-state index in [2.05, 4.69) is 11.0 Å². The smallest absolute Gasteiger partial charge is 0.303 e. The van der Waals surface area contributed by atoms with E-state index in [1.807, 2.05) is 42.5 Å². The van der Waals surface area contributed by atoms with Crippen LogP contribution < -0.4 is 0 Å². The van der Waals surface area contributed by atoms with E-state index in [9.17, 15) is 10.1 Å². The summed E-state index contributed by atoms with van der Waals surface area (Å²) >= 11 is 0. The fourth-order valence-corrected chi connectivity index (χ4v) is 3.29. The number of hydrogen-bond acceptors (Lipinski definition) is 5. The Labute approximate surface area is 147 Å². The fraction of sp³-hybridized carbons (Fsp3) is 0.400. The largest absolute Gasteiger partial charge is 0.461 e. The van der Waals surface area contributed by atoms with E-state index in [4.69, 9.17) is 9.15 Å². The molecule has 0 spiro atoms. The highest BCUT2D eigenvalue weighted by atomic mass is 16.5. The Kier molecular flexibility index (Phi) is 5.20. The normalized spacial score (nSPS) is 17.0. The maximum absolute atomic E-state index is 10.8. The fourth-order valence-electron chi connectivity index (χ4n) is 3.29. The minimum Gasteiger partial charge on any atom is -0.461 e. The molecule has 130 valence electrons. The van der Waals surface area contributed by atoms with Crippen molar-refractivity contribution in [3.05, 3.63) is 59.5 Å². The summed E-state index contributed by atoms with van der Waals surface area (Å²) in [6.45, 7) is 3.95. The van der Waals surface area contributed by atoms with Gasteiger partial charge in [0.1, 0.15) is 18.1 Å². The molecule has 5 nitrogen and oxygen atoms in total. The molecule has 1 aliphatic heterocycles. The monoisotopic (exact) mass is 338 g/mol. The Morgan fingerprint density at radius 1 is 1.20 bits per heavy atom. The molecule has 0 saturated carbocycles. The molecule has 0 radical (unpaired) electrons. The van der Waals surface area contributed by atoms with Crippen LogP contribution in [-0.2, 0) is 28.1 Å². The van der Waals surface area contributed by atoms with Gasteiger partial charge < -0.3 is 9.15 Å². The van der Waals surface area contributed by atoms with Crippen molar-refractivity contribution >= 4 is 5.97 Å². The number of benzene rings is 1. The Morgan fingerprint density at radius 2 is 1.88 bits per heavy atom. The van der Waals surface area contributed by atoms with Crippen LogP contribution in [0.3, 0.4) is 0 Å². The summed E-state index contributed by atoms with van der Waals surface area (Å²) in [7, 11) is 0. The van der Waals surface area contributed by atoms with Gasteiger partial charge in [-0.25, -0.2) is 0 Å². The SMILES string of the molecule is CC(=O)OCc1ccc(CN2CCC(C#N)(c3ccccc3)CC2)o1. The molecule has 0 N–H and O–H groups in total. The lowest BCUT2D eigenvalue weighted by molar-refractivity contribution is -0.142. The number of hydrogen-bond donors (Lipinski definition) is 0. The molecular weight excluding hydrogens is 316 g/mol. The molecule has 1 aromatic carbocycles. The highest BCUT2D eigenvalue weighted by molar-refractivity contribution is 5.65. The molecule has 1 fully saturated rings. The number of piperidine rings is 1. The number of likely N-dealkylation sites (tertiary alicyclic amines) is 1. The lowest BCUT2D eigenvalue weighted by Crippen LogP contribution is -2.41. The first-order valence-corrected chi connectivity index (χ1v) is 8.51. The number of nitrogens with zero attached hydrogens (tertiary/aromatic N) is 2. The Morgan fingerprint density at radius 3 is 2.52 bits per heavy atom.